The number of aromatic amines is 1. The first kappa shape index (κ1) is 10.7. The summed E-state index contributed by atoms with van der Waals surface area (Å²) < 4.78 is 1.61. The number of aryl methyl sites for hydroxylation is 1. The van der Waals surface area contributed by atoms with Crippen LogP contribution in [0.5, 0.6) is 0 Å². The molecule has 2 aromatic heterocycles. The van der Waals surface area contributed by atoms with Gasteiger partial charge in [0.1, 0.15) is 0 Å². The summed E-state index contributed by atoms with van der Waals surface area (Å²) in [6.45, 7) is 1.50. The highest BCUT2D eigenvalue weighted by Crippen LogP contribution is 2.21. The Morgan fingerprint density at radius 2 is 2.11 bits per heavy atom. The normalized spacial score (nSPS) is 11.2. The zero-order chi connectivity index (χ0) is 12.9. The fourth-order valence-electron chi connectivity index (χ4n) is 2.14. The molecule has 5 nitrogen and oxygen atoms in total. The molecular weight excluding hydrogens is 230 g/mol. The number of hydrogen-bond donors (Lipinski definition) is 1. The van der Waals surface area contributed by atoms with E-state index in [1.54, 1.807) is 30.1 Å². The zero-order valence-electron chi connectivity index (χ0n) is 10.0. The zero-order valence-corrected chi connectivity index (χ0v) is 10.0. The van der Waals surface area contributed by atoms with Gasteiger partial charge in [0.15, 0.2) is 11.3 Å². The van der Waals surface area contributed by atoms with E-state index < -0.39 is 0 Å². The second-order valence-electron chi connectivity index (χ2n) is 4.34. The first-order valence-electron chi connectivity index (χ1n) is 5.56. The number of nitrogens with one attached hydrogen (secondary N) is 1. The predicted molar refractivity (Wildman–Crippen MR) is 68.8 cm³/mol. The quantitative estimate of drug-likeness (QED) is 0.658. The van der Waals surface area contributed by atoms with Gasteiger partial charge in [-0.3, -0.25) is 14.3 Å². The molecule has 0 atom stereocenters. The molecule has 1 aromatic carbocycles. The van der Waals surface area contributed by atoms with Gasteiger partial charge in [-0.1, -0.05) is 12.1 Å². The van der Waals surface area contributed by atoms with E-state index >= 15 is 0 Å². The van der Waals surface area contributed by atoms with Gasteiger partial charge in [0.05, 0.1) is 0 Å². The highest BCUT2D eigenvalue weighted by molar-refractivity contribution is 6.06. The molecule has 18 heavy (non-hydrogen) atoms. The number of Topliss-reactive ketones (excluding diaryl/α,β-unsaturated/α-hetero) is 1. The second-order valence-corrected chi connectivity index (χ2v) is 4.34. The molecule has 0 unspecified atom stereocenters. The van der Waals surface area contributed by atoms with Gasteiger partial charge in [-0.15, -0.1) is 0 Å². The van der Waals surface area contributed by atoms with Crippen LogP contribution in [-0.4, -0.2) is 20.5 Å². The smallest absolute Gasteiger partial charge is 0.276 e. The lowest BCUT2D eigenvalue weighted by molar-refractivity contribution is 0.101. The lowest BCUT2D eigenvalue weighted by atomic mass is 10.1. The maximum atomic E-state index is 11.9. The molecule has 3 rings (SSSR count). The van der Waals surface area contributed by atoms with Crippen molar-refractivity contribution in [3.8, 4) is 0 Å². The molecule has 0 bridgehead atoms. The van der Waals surface area contributed by atoms with Gasteiger partial charge >= 0.3 is 0 Å². The molecule has 0 saturated carbocycles. The molecule has 0 aliphatic carbocycles. The van der Waals surface area contributed by atoms with Crippen molar-refractivity contribution in [3.05, 3.63) is 40.3 Å². The summed E-state index contributed by atoms with van der Waals surface area (Å²) in [6.07, 6.45) is 1.81. The summed E-state index contributed by atoms with van der Waals surface area (Å²) in [5, 5.41) is 5.82. The van der Waals surface area contributed by atoms with Crippen LogP contribution < -0.4 is 5.56 Å². The fraction of sp³-hybridized carbons (Fsp3) is 0.154. The predicted octanol–water partition coefficient (Wildman–Crippen LogP) is 1.62. The summed E-state index contributed by atoms with van der Waals surface area (Å²) in [7, 11) is 1.77. The number of carbonyl (C=O) groups excluding carboxylic acids is 1. The number of H-pyrrole nitrogens is 1. The number of pyridine rings is 1. The number of fused-ring (bicyclic) bond motifs is 3. The van der Waals surface area contributed by atoms with Crippen molar-refractivity contribution in [3.63, 3.8) is 0 Å². The van der Waals surface area contributed by atoms with E-state index in [1.165, 1.54) is 6.92 Å². The van der Waals surface area contributed by atoms with Crippen LogP contribution in [0.3, 0.4) is 0 Å². The fourth-order valence-corrected chi connectivity index (χ4v) is 2.14. The van der Waals surface area contributed by atoms with Crippen molar-refractivity contribution in [2.24, 2.45) is 7.05 Å². The minimum Gasteiger partial charge on any atom is -0.320 e. The van der Waals surface area contributed by atoms with Crippen LogP contribution >= 0.6 is 0 Å². The van der Waals surface area contributed by atoms with Crippen molar-refractivity contribution in [1.82, 2.24) is 14.8 Å². The number of hydrogen-bond acceptors (Lipinski definition) is 3. The summed E-state index contributed by atoms with van der Waals surface area (Å²) >= 11 is 0. The first-order chi connectivity index (χ1) is 8.56. The van der Waals surface area contributed by atoms with Crippen LogP contribution in [0.15, 0.2) is 29.2 Å². The third-order valence-electron chi connectivity index (χ3n) is 3.01. The second kappa shape index (κ2) is 3.53. The van der Waals surface area contributed by atoms with E-state index in [2.05, 4.69) is 10.1 Å². The molecule has 90 valence electrons. The first-order valence-corrected chi connectivity index (χ1v) is 5.56. The van der Waals surface area contributed by atoms with Crippen molar-refractivity contribution in [2.75, 3.05) is 0 Å². The minimum absolute atomic E-state index is 0.0240. The third-order valence-corrected chi connectivity index (χ3v) is 3.01. The minimum atomic E-state index is -0.237. The molecule has 0 aliphatic heterocycles. The third kappa shape index (κ3) is 1.44. The van der Waals surface area contributed by atoms with Gasteiger partial charge in [0, 0.05) is 35.1 Å². The molecule has 0 spiro atoms. The summed E-state index contributed by atoms with van der Waals surface area (Å²) in [5.74, 6) is -0.0240. The van der Waals surface area contributed by atoms with Crippen LogP contribution in [0, 0.1) is 0 Å². The van der Waals surface area contributed by atoms with E-state index in [0.29, 0.717) is 16.6 Å². The lowest BCUT2D eigenvalue weighted by Crippen LogP contribution is -2.07. The average molecular weight is 241 g/mol. The van der Waals surface area contributed by atoms with Crippen LogP contribution in [0.25, 0.3) is 21.8 Å². The Kier molecular flexibility index (Phi) is 2.10. The number of ketones is 1. The van der Waals surface area contributed by atoms with E-state index in [9.17, 15) is 9.59 Å². The van der Waals surface area contributed by atoms with E-state index in [-0.39, 0.29) is 11.3 Å². The Hall–Kier alpha value is -2.43. The molecule has 0 saturated heterocycles. The van der Waals surface area contributed by atoms with Crippen molar-refractivity contribution in [1.29, 1.82) is 0 Å². The molecule has 2 heterocycles. The Morgan fingerprint density at radius 1 is 1.33 bits per heavy atom. The Morgan fingerprint density at radius 3 is 2.83 bits per heavy atom. The Balaban J connectivity index is 2.49. The molecule has 1 N–H and O–H groups in total. The van der Waals surface area contributed by atoms with Crippen LogP contribution in [0.1, 0.15) is 17.3 Å². The number of carbonyl (C=O) groups is 1. The van der Waals surface area contributed by atoms with Crippen molar-refractivity contribution in [2.45, 2.75) is 6.92 Å². The maximum Gasteiger partial charge on any atom is 0.276 e. The Labute approximate surface area is 102 Å². The van der Waals surface area contributed by atoms with E-state index in [4.69, 9.17) is 0 Å². The van der Waals surface area contributed by atoms with Gasteiger partial charge < -0.3 is 4.98 Å². The lowest BCUT2D eigenvalue weighted by Gasteiger charge is -2.01. The summed E-state index contributed by atoms with van der Waals surface area (Å²) in [6, 6.07) is 5.30. The summed E-state index contributed by atoms with van der Waals surface area (Å²) in [5.41, 5.74) is 1.42. The van der Waals surface area contributed by atoms with Crippen molar-refractivity contribution >= 4 is 27.6 Å². The number of rotatable bonds is 1. The molecule has 3 aromatic rings. The maximum absolute atomic E-state index is 11.9. The van der Waals surface area contributed by atoms with Gasteiger partial charge in [-0.05, 0) is 13.0 Å². The summed E-state index contributed by atoms with van der Waals surface area (Å²) in [4.78, 5) is 26.0. The number of nitrogens with zero attached hydrogens (tertiary/aromatic N) is 2. The molecular formula is C13H11N3O2. The highest BCUT2D eigenvalue weighted by Gasteiger charge is 2.10. The van der Waals surface area contributed by atoms with Gasteiger partial charge in [-0.25, -0.2) is 0 Å². The van der Waals surface area contributed by atoms with E-state index in [0.717, 1.165) is 10.8 Å². The van der Waals surface area contributed by atoms with Crippen molar-refractivity contribution < 1.29 is 4.79 Å². The molecule has 5 heteroatoms. The SMILES string of the molecule is CC(=O)c1ccc2c(c1)[nH]c(=O)c1nn(C)cc12. The van der Waals surface area contributed by atoms with Gasteiger partial charge in [-0.2, -0.15) is 5.10 Å². The van der Waals surface area contributed by atoms with Gasteiger partial charge in [0.25, 0.3) is 5.56 Å². The van der Waals surface area contributed by atoms with Gasteiger partial charge in [0.2, 0.25) is 0 Å². The number of benzene rings is 1. The van der Waals surface area contributed by atoms with E-state index in [1.807, 2.05) is 6.07 Å². The van der Waals surface area contributed by atoms with Crippen LogP contribution in [-0.2, 0) is 7.05 Å². The monoisotopic (exact) mass is 241 g/mol. The Bertz CT molecular complexity index is 842. The molecule has 0 fully saturated rings. The molecule has 0 aliphatic rings. The molecule has 0 radical (unpaired) electrons. The largest absolute Gasteiger partial charge is 0.320 e. The standard InChI is InChI=1S/C13H11N3O2/c1-7(17)8-3-4-9-10-6-16(2)15-12(10)13(18)14-11(9)5-8/h3-6H,1-2H3,(H,14,18). The number of aromatic nitrogens is 3. The van der Waals surface area contributed by atoms with Crippen LogP contribution in [0.4, 0.5) is 0 Å². The topological polar surface area (TPSA) is 67.8 Å². The van der Waals surface area contributed by atoms with Crippen LogP contribution in [0.2, 0.25) is 0 Å². The average Bonchev–Trinajstić information content (AvgIpc) is 2.71. The highest BCUT2D eigenvalue weighted by atomic mass is 16.1. The molecule has 0 amide bonds.